The number of rotatable bonds is 5. The molecule has 5 N–H and O–H groups in total. The number of carbonyl (C=O) groups is 1. The Hall–Kier alpha value is -3.64. The SMILES string of the molecule is COc1ccccc1-c1cc(=O)c2c(O)cc(O[C@@H]3O[C@H](C(=O)O)[C@@H](O)[C@H](O)[C@H]3O)cc2o1. The lowest BCUT2D eigenvalue weighted by molar-refractivity contribution is -0.271. The van der Waals surface area contributed by atoms with E-state index in [1.165, 1.54) is 19.2 Å². The van der Waals surface area contributed by atoms with Crippen LogP contribution in [0.4, 0.5) is 0 Å². The summed E-state index contributed by atoms with van der Waals surface area (Å²) >= 11 is 0. The Bertz CT molecular complexity index is 1250. The number of ether oxygens (including phenoxy) is 3. The van der Waals surface area contributed by atoms with Gasteiger partial charge in [-0.25, -0.2) is 4.79 Å². The van der Waals surface area contributed by atoms with Crippen molar-refractivity contribution in [2.45, 2.75) is 30.7 Å². The van der Waals surface area contributed by atoms with Crippen LogP contribution >= 0.6 is 0 Å². The molecule has 0 unspecified atom stereocenters. The number of benzene rings is 2. The zero-order valence-electron chi connectivity index (χ0n) is 17.1. The Morgan fingerprint density at radius 2 is 1.76 bits per heavy atom. The fourth-order valence-electron chi connectivity index (χ4n) is 3.58. The van der Waals surface area contributed by atoms with Gasteiger partial charge in [0, 0.05) is 18.2 Å². The molecule has 11 heteroatoms. The Labute approximate surface area is 185 Å². The number of aliphatic hydroxyl groups excluding tert-OH is 3. The molecule has 1 saturated heterocycles. The van der Waals surface area contributed by atoms with Crippen LogP contribution in [0, 0.1) is 0 Å². The minimum Gasteiger partial charge on any atom is -0.507 e. The fraction of sp³-hybridized carbons (Fsp3) is 0.273. The summed E-state index contributed by atoms with van der Waals surface area (Å²) < 4.78 is 21.6. The first-order chi connectivity index (χ1) is 15.7. The van der Waals surface area contributed by atoms with E-state index < -0.39 is 47.9 Å². The molecular formula is C22H20O11. The maximum Gasteiger partial charge on any atom is 0.335 e. The van der Waals surface area contributed by atoms with Crippen molar-refractivity contribution in [1.82, 2.24) is 0 Å². The van der Waals surface area contributed by atoms with Crippen LogP contribution in [0.2, 0.25) is 0 Å². The summed E-state index contributed by atoms with van der Waals surface area (Å²) in [5.41, 5.74) is -0.129. The third kappa shape index (κ3) is 4.10. The second-order valence-electron chi connectivity index (χ2n) is 7.34. The summed E-state index contributed by atoms with van der Waals surface area (Å²) in [5.74, 6) is -1.63. The van der Waals surface area contributed by atoms with E-state index in [-0.39, 0.29) is 22.5 Å². The van der Waals surface area contributed by atoms with Crippen LogP contribution in [0.3, 0.4) is 0 Å². The van der Waals surface area contributed by atoms with Gasteiger partial charge in [-0.05, 0) is 12.1 Å². The molecule has 1 aliphatic rings. The number of aliphatic hydroxyl groups is 3. The van der Waals surface area contributed by atoms with Gasteiger partial charge in [-0.15, -0.1) is 0 Å². The number of aromatic hydroxyl groups is 1. The zero-order chi connectivity index (χ0) is 23.9. The molecule has 0 amide bonds. The number of carboxylic acid groups (broad SMARTS) is 1. The smallest absolute Gasteiger partial charge is 0.335 e. The Morgan fingerprint density at radius 3 is 2.45 bits per heavy atom. The highest BCUT2D eigenvalue weighted by atomic mass is 16.7. The molecule has 1 aromatic heterocycles. The number of hydrogen-bond acceptors (Lipinski definition) is 10. The van der Waals surface area contributed by atoms with Gasteiger partial charge < -0.3 is 44.2 Å². The first-order valence-corrected chi connectivity index (χ1v) is 9.74. The number of para-hydroxylation sites is 1. The van der Waals surface area contributed by atoms with Crippen molar-refractivity contribution in [3.05, 3.63) is 52.7 Å². The molecule has 0 aliphatic carbocycles. The fourth-order valence-corrected chi connectivity index (χ4v) is 3.58. The molecule has 33 heavy (non-hydrogen) atoms. The predicted molar refractivity (Wildman–Crippen MR) is 111 cm³/mol. The minimum atomic E-state index is -1.89. The molecule has 0 saturated carbocycles. The van der Waals surface area contributed by atoms with Crippen molar-refractivity contribution in [1.29, 1.82) is 0 Å². The number of phenols is 1. The minimum absolute atomic E-state index is 0.0703. The summed E-state index contributed by atoms with van der Waals surface area (Å²) in [5, 5.41) is 49.3. The molecule has 5 atom stereocenters. The number of fused-ring (bicyclic) bond motifs is 1. The van der Waals surface area contributed by atoms with Crippen molar-refractivity contribution < 1.29 is 49.0 Å². The van der Waals surface area contributed by atoms with Gasteiger partial charge in [0.05, 0.1) is 12.7 Å². The maximum absolute atomic E-state index is 12.7. The van der Waals surface area contributed by atoms with Crippen molar-refractivity contribution in [2.24, 2.45) is 0 Å². The quantitative estimate of drug-likeness (QED) is 0.357. The monoisotopic (exact) mass is 460 g/mol. The van der Waals surface area contributed by atoms with E-state index in [0.29, 0.717) is 11.3 Å². The van der Waals surface area contributed by atoms with Crippen LogP contribution < -0.4 is 14.9 Å². The molecule has 11 nitrogen and oxygen atoms in total. The molecule has 2 heterocycles. The topological polar surface area (TPSA) is 176 Å². The summed E-state index contributed by atoms with van der Waals surface area (Å²) in [6, 6.07) is 10.3. The van der Waals surface area contributed by atoms with Gasteiger partial charge in [0.15, 0.2) is 11.5 Å². The predicted octanol–water partition coefficient (Wildman–Crippen LogP) is 0.445. The molecule has 0 radical (unpaired) electrons. The summed E-state index contributed by atoms with van der Waals surface area (Å²) in [6.45, 7) is 0. The largest absolute Gasteiger partial charge is 0.507 e. The van der Waals surface area contributed by atoms with Gasteiger partial charge >= 0.3 is 5.97 Å². The molecule has 1 fully saturated rings. The van der Waals surface area contributed by atoms with Crippen molar-refractivity contribution in [3.63, 3.8) is 0 Å². The third-order valence-corrected chi connectivity index (χ3v) is 5.22. The second-order valence-corrected chi connectivity index (χ2v) is 7.34. The van der Waals surface area contributed by atoms with Gasteiger partial charge in [-0.3, -0.25) is 4.79 Å². The summed E-state index contributed by atoms with van der Waals surface area (Å²) in [7, 11) is 1.46. The highest BCUT2D eigenvalue weighted by Crippen LogP contribution is 2.35. The van der Waals surface area contributed by atoms with Crippen molar-refractivity contribution in [2.75, 3.05) is 7.11 Å². The highest BCUT2D eigenvalue weighted by Gasteiger charge is 2.48. The van der Waals surface area contributed by atoms with Crippen LogP contribution in [0.25, 0.3) is 22.3 Å². The summed E-state index contributed by atoms with van der Waals surface area (Å²) in [4.78, 5) is 23.9. The maximum atomic E-state index is 12.7. The summed E-state index contributed by atoms with van der Waals surface area (Å²) in [6.07, 6.45) is -9.12. The lowest BCUT2D eigenvalue weighted by atomic mass is 9.99. The van der Waals surface area contributed by atoms with E-state index in [1.807, 2.05) is 0 Å². The van der Waals surface area contributed by atoms with Crippen LogP contribution in [0.5, 0.6) is 17.2 Å². The molecule has 174 valence electrons. The van der Waals surface area contributed by atoms with Gasteiger partial charge in [-0.1, -0.05) is 12.1 Å². The van der Waals surface area contributed by atoms with Gasteiger partial charge in [0.2, 0.25) is 6.29 Å². The molecule has 3 aromatic rings. The first kappa shape index (κ1) is 22.6. The van der Waals surface area contributed by atoms with E-state index in [2.05, 4.69) is 0 Å². The van der Waals surface area contributed by atoms with E-state index in [9.17, 15) is 30.0 Å². The molecule has 2 aromatic carbocycles. The average molecular weight is 460 g/mol. The highest BCUT2D eigenvalue weighted by molar-refractivity contribution is 5.86. The molecule has 1 aliphatic heterocycles. The van der Waals surface area contributed by atoms with Crippen molar-refractivity contribution >= 4 is 16.9 Å². The zero-order valence-corrected chi connectivity index (χ0v) is 17.1. The number of aliphatic carboxylic acids is 1. The van der Waals surface area contributed by atoms with Crippen molar-refractivity contribution in [3.8, 4) is 28.6 Å². The molecule has 0 spiro atoms. The van der Waals surface area contributed by atoms with Gasteiger partial charge in [0.25, 0.3) is 0 Å². The Kier molecular flexibility index (Phi) is 5.95. The van der Waals surface area contributed by atoms with Gasteiger partial charge in [0.1, 0.15) is 52.3 Å². The van der Waals surface area contributed by atoms with E-state index in [0.717, 1.165) is 6.07 Å². The van der Waals surface area contributed by atoms with E-state index in [4.69, 9.17) is 23.7 Å². The number of methoxy groups -OCH3 is 1. The van der Waals surface area contributed by atoms with Gasteiger partial charge in [-0.2, -0.15) is 0 Å². The molecule has 4 rings (SSSR count). The van der Waals surface area contributed by atoms with Crippen LogP contribution in [-0.2, 0) is 9.53 Å². The van der Waals surface area contributed by atoms with Crippen LogP contribution in [0.15, 0.2) is 51.7 Å². The lowest BCUT2D eigenvalue weighted by Crippen LogP contribution is -2.61. The number of carboxylic acids is 1. The van der Waals surface area contributed by atoms with E-state index >= 15 is 0 Å². The Morgan fingerprint density at radius 1 is 1.03 bits per heavy atom. The second kappa shape index (κ2) is 8.71. The third-order valence-electron chi connectivity index (χ3n) is 5.22. The number of hydrogen-bond donors (Lipinski definition) is 5. The number of phenolic OH excluding ortho intramolecular Hbond substituents is 1. The van der Waals surface area contributed by atoms with Crippen LogP contribution in [0.1, 0.15) is 0 Å². The lowest BCUT2D eigenvalue weighted by Gasteiger charge is -2.38. The normalized spacial score (nSPS) is 25.0. The van der Waals surface area contributed by atoms with Crippen LogP contribution in [-0.4, -0.2) is 69.3 Å². The average Bonchev–Trinajstić information content (AvgIpc) is 2.78. The molecular weight excluding hydrogens is 440 g/mol. The Balaban J connectivity index is 1.74. The molecule has 0 bridgehead atoms. The van der Waals surface area contributed by atoms with E-state index in [1.54, 1.807) is 24.3 Å². The standard InChI is InChI=1S/C22H20O11/c1-30-13-5-3-2-4-10(13)14-8-12(24)16-11(23)6-9(7-15(16)32-14)31-22-19(27)17(25)18(26)20(33-22)21(28)29/h2-8,17-20,22-23,25-27H,1H3,(H,28,29)/t17-,18-,19+,20-,22+/m0/s1. The first-order valence-electron chi connectivity index (χ1n) is 9.74.